The number of nitrogens with zero attached hydrogens (tertiary/aromatic N) is 1. The highest BCUT2D eigenvalue weighted by molar-refractivity contribution is 9.10. The Morgan fingerprint density at radius 2 is 2.17 bits per heavy atom. The molecule has 0 aromatic heterocycles. The lowest BCUT2D eigenvalue weighted by molar-refractivity contribution is 0.229. The first-order chi connectivity index (χ1) is 8.63. The van der Waals surface area contributed by atoms with Crippen LogP contribution in [0, 0.1) is 5.82 Å². The first-order valence-electron chi connectivity index (χ1n) is 5.80. The van der Waals surface area contributed by atoms with Crippen molar-refractivity contribution in [2.45, 2.75) is 6.54 Å². The minimum Gasteiger partial charge on any atom is -0.504 e. The second-order valence-corrected chi connectivity index (χ2v) is 5.02. The maximum absolute atomic E-state index is 13.9. The first kappa shape index (κ1) is 13.6. The number of methoxy groups -OCH3 is 1. The molecule has 0 aliphatic carbocycles. The fraction of sp³-hybridized carbons (Fsp3) is 0.500. The number of ether oxygens (including phenoxy) is 1. The van der Waals surface area contributed by atoms with E-state index in [-0.39, 0.29) is 11.5 Å². The van der Waals surface area contributed by atoms with Gasteiger partial charge in [-0.05, 0) is 15.9 Å². The number of piperazine rings is 1. The molecule has 6 heteroatoms. The van der Waals surface area contributed by atoms with Gasteiger partial charge >= 0.3 is 0 Å². The van der Waals surface area contributed by atoms with Crippen LogP contribution in [0.5, 0.6) is 11.5 Å². The number of phenolic OH excluding ortho intramolecular Hbond substituents is 1. The number of benzene rings is 1. The van der Waals surface area contributed by atoms with Crippen LogP contribution in [0.3, 0.4) is 0 Å². The Balaban J connectivity index is 2.26. The van der Waals surface area contributed by atoms with E-state index in [1.165, 1.54) is 7.11 Å². The molecule has 100 valence electrons. The molecule has 18 heavy (non-hydrogen) atoms. The molecule has 2 N–H and O–H groups in total. The van der Waals surface area contributed by atoms with Gasteiger partial charge in [0.15, 0.2) is 11.5 Å². The summed E-state index contributed by atoms with van der Waals surface area (Å²) in [6.07, 6.45) is 0. The Morgan fingerprint density at radius 3 is 2.78 bits per heavy atom. The standard InChI is InChI=1S/C12H16BrFN2O2/c1-18-12-10(17)6-9(14)8(11(12)13)7-16-4-2-15-3-5-16/h6,15,17H,2-5,7H2,1H3. The Morgan fingerprint density at radius 1 is 1.50 bits per heavy atom. The van der Waals surface area contributed by atoms with Gasteiger partial charge in [0.05, 0.1) is 11.6 Å². The van der Waals surface area contributed by atoms with Gasteiger partial charge < -0.3 is 15.2 Å². The number of rotatable bonds is 3. The van der Waals surface area contributed by atoms with Crippen molar-refractivity contribution in [3.05, 3.63) is 21.9 Å². The summed E-state index contributed by atoms with van der Waals surface area (Å²) in [7, 11) is 1.45. The number of halogens is 2. The molecule has 1 saturated heterocycles. The molecule has 0 atom stereocenters. The van der Waals surface area contributed by atoms with Gasteiger partial charge in [0, 0.05) is 44.4 Å². The third-order valence-electron chi connectivity index (χ3n) is 3.04. The van der Waals surface area contributed by atoms with E-state index in [1.54, 1.807) is 0 Å². The number of phenols is 1. The van der Waals surface area contributed by atoms with Crippen LogP contribution in [-0.4, -0.2) is 43.3 Å². The lowest BCUT2D eigenvalue weighted by Crippen LogP contribution is -2.43. The molecule has 0 saturated carbocycles. The van der Waals surface area contributed by atoms with Gasteiger partial charge in [0.1, 0.15) is 5.82 Å². The van der Waals surface area contributed by atoms with Crippen molar-refractivity contribution in [3.8, 4) is 11.5 Å². The quantitative estimate of drug-likeness (QED) is 0.890. The highest BCUT2D eigenvalue weighted by Gasteiger charge is 2.20. The van der Waals surface area contributed by atoms with Crippen LogP contribution in [-0.2, 0) is 6.54 Å². The third-order valence-corrected chi connectivity index (χ3v) is 3.88. The summed E-state index contributed by atoms with van der Waals surface area (Å²) in [6.45, 7) is 4.10. The number of aromatic hydroxyl groups is 1. The molecular formula is C12H16BrFN2O2. The second kappa shape index (κ2) is 5.86. The molecule has 1 aromatic carbocycles. The summed E-state index contributed by atoms with van der Waals surface area (Å²) < 4.78 is 19.4. The van der Waals surface area contributed by atoms with E-state index >= 15 is 0 Å². The van der Waals surface area contributed by atoms with E-state index < -0.39 is 5.82 Å². The highest BCUT2D eigenvalue weighted by atomic mass is 79.9. The monoisotopic (exact) mass is 318 g/mol. The van der Waals surface area contributed by atoms with Gasteiger partial charge in [0.25, 0.3) is 0 Å². The molecule has 0 radical (unpaired) electrons. The first-order valence-corrected chi connectivity index (χ1v) is 6.59. The van der Waals surface area contributed by atoms with E-state index in [2.05, 4.69) is 26.1 Å². The SMILES string of the molecule is COc1c(O)cc(F)c(CN2CCNCC2)c1Br. The van der Waals surface area contributed by atoms with E-state index in [9.17, 15) is 9.50 Å². The minimum absolute atomic E-state index is 0.189. The van der Waals surface area contributed by atoms with Gasteiger partial charge in [-0.25, -0.2) is 4.39 Å². The maximum Gasteiger partial charge on any atom is 0.175 e. The molecule has 1 aliphatic rings. The fourth-order valence-electron chi connectivity index (χ4n) is 2.06. The topological polar surface area (TPSA) is 44.7 Å². The van der Waals surface area contributed by atoms with Crippen LogP contribution in [0.25, 0.3) is 0 Å². The molecule has 0 bridgehead atoms. The summed E-state index contributed by atoms with van der Waals surface area (Å²) >= 11 is 3.30. The lowest BCUT2D eigenvalue weighted by atomic mass is 10.1. The zero-order valence-corrected chi connectivity index (χ0v) is 11.8. The molecule has 1 aromatic rings. The predicted octanol–water partition coefficient (Wildman–Crippen LogP) is 1.71. The van der Waals surface area contributed by atoms with Gasteiger partial charge in [-0.2, -0.15) is 0 Å². The highest BCUT2D eigenvalue weighted by Crippen LogP contribution is 2.39. The molecule has 4 nitrogen and oxygen atoms in total. The summed E-state index contributed by atoms with van der Waals surface area (Å²) in [6, 6.07) is 1.10. The Hall–Kier alpha value is -0.850. The molecule has 1 heterocycles. The van der Waals surface area contributed by atoms with Crippen molar-refractivity contribution in [2.75, 3.05) is 33.3 Å². The maximum atomic E-state index is 13.9. The van der Waals surface area contributed by atoms with Gasteiger partial charge in [-0.15, -0.1) is 0 Å². The predicted molar refractivity (Wildman–Crippen MR) is 70.5 cm³/mol. The number of nitrogens with one attached hydrogen (secondary N) is 1. The van der Waals surface area contributed by atoms with Gasteiger partial charge in [-0.1, -0.05) is 0 Å². The Labute approximate surface area is 114 Å². The molecule has 1 aliphatic heterocycles. The lowest BCUT2D eigenvalue weighted by Gasteiger charge is -2.28. The summed E-state index contributed by atoms with van der Waals surface area (Å²) in [5.41, 5.74) is 0.520. The average molecular weight is 319 g/mol. The molecule has 0 unspecified atom stereocenters. The zero-order chi connectivity index (χ0) is 13.1. The van der Waals surface area contributed by atoms with Gasteiger partial charge in [-0.3, -0.25) is 4.90 Å². The average Bonchev–Trinajstić information content (AvgIpc) is 2.36. The van der Waals surface area contributed by atoms with Crippen molar-refractivity contribution in [3.63, 3.8) is 0 Å². The van der Waals surface area contributed by atoms with E-state index in [0.29, 0.717) is 16.6 Å². The second-order valence-electron chi connectivity index (χ2n) is 4.23. The van der Waals surface area contributed by atoms with Crippen LogP contribution in [0.4, 0.5) is 4.39 Å². The molecule has 0 spiro atoms. The Bertz CT molecular complexity index is 437. The van der Waals surface area contributed by atoms with Crippen molar-refractivity contribution in [1.29, 1.82) is 0 Å². The van der Waals surface area contributed by atoms with E-state index in [4.69, 9.17) is 4.74 Å². The molecule has 1 fully saturated rings. The van der Waals surface area contributed by atoms with E-state index in [1.807, 2.05) is 0 Å². The van der Waals surface area contributed by atoms with E-state index in [0.717, 1.165) is 32.2 Å². The molecule has 0 amide bonds. The van der Waals surface area contributed by atoms with Crippen LogP contribution in [0.1, 0.15) is 5.56 Å². The fourth-order valence-corrected chi connectivity index (χ4v) is 2.74. The minimum atomic E-state index is -0.418. The molecular weight excluding hydrogens is 303 g/mol. The van der Waals surface area contributed by atoms with Gasteiger partial charge in [0.2, 0.25) is 0 Å². The van der Waals surface area contributed by atoms with Crippen molar-refractivity contribution < 1.29 is 14.2 Å². The summed E-state index contributed by atoms with van der Waals surface area (Å²) in [4.78, 5) is 2.16. The van der Waals surface area contributed by atoms with Crippen LogP contribution in [0.2, 0.25) is 0 Å². The normalized spacial score (nSPS) is 16.8. The van der Waals surface area contributed by atoms with Crippen LogP contribution in [0.15, 0.2) is 10.5 Å². The largest absolute Gasteiger partial charge is 0.504 e. The number of hydrogen-bond acceptors (Lipinski definition) is 4. The summed E-state index contributed by atoms with van der Waals surface area (Å²) in [5, 5.41) is 12.8. The Kier molecular flexibility index (Phi) is 4.42. The smallest absolute Gasteiger partial charge is 0.175 e. The zero-order valence-electron chi connectivity index (χ0n) is 10.2. The molecule has 2 rings (SSSR count). The third kappa shape index (κ3) is 2.76. The number of hydrogen-bond donors (Lipinski definition) is 2. The van der Waals surface area contributed by atoms with Crippen LogP contribution < -0.4 is 10.1 Å². The van der Waals surface area contributed by atoms with Crippen molar-refractivity contribution in [1.82, 2.24) is 10.2 Å². The summed E-state index contributed by atoms with van der Waals surface area (Å²) in [5.74, 6) is -0.328. The van der Waals surface area contributed by atoms with Crippen molar-refractivity contribution in [2.24, 2.45) is 0 Å². The van der Waals surface area contributed by atoms with Crippen LogP contribution >= 0.6 is 15.9 Å². The van der Waals surface area contributed by atoms with Crippen molar-refractivity contribution >= 4 is 15.9 Å².